The highest BCUT2D eigenvalue weighted by atomic mass is 16.5. The second kappa shape index (κ2) is 10.1. The van der Waals surface area contributed by atoms with Crippen LogP contribution in [0.25, 0.3) is 21.8 Å². The van der Waals surface area contributed by atoms with Crippen LogP contribution in [0.5, 0.6) is 5.75 Å². The van der Waals surface area contributed by atoms with Gasteiger partial charge in [-0.1, -0.05) is 36.4 Å². The first-order chi connectivity index (χ1) is 16.4. The van der Waals surface area contributed by atoms with Gasteiger partial charge in [-0.05, 0) is 18.2 Å². The summed E-state index contributed by atoms with van der Waals surface area (Å²) in [6.07, 6.45) is -0.134. The lowest BCUT2D eigenvalue weighted by Gasteiger charge is -2.21. The number of fused-ring (bicyclic) bond motifs is 2. The van der Waals surface area contributed by atoms with Crippen molar-refractivity contribution >= 4 is 50.8 Å². The molecule has 0 amide bonds. The number of pyridine rings is 1. The topological polar surface area (TPSA) is 112 Å². The van der Waals surface area contributed by atoms with E-state index in [1.54, 1.807) is 19.2 Å². The van der Waals surface area contributed by atoms with Crippen molar-refractivity contribution in [3.63, 3.8) is 0 Å². The Hall–Kier alpha value is -4.33. The third-order valence-corrected chi connectivity index (χ3v) is 5.43. The summed E-state index contributed by atoms with van der Waals surface area (Å²) in [6, 6.07) is 21.2. The second-order valence-electron chi connectivity index (χ2n) is 7.92. The summed E-state index contributed by atoms with van der Waals surface area (Å²) in [4.78, 5) is 28.5. The van der Waals surface area contributed by atoms with Crippen molar-refractivity contribution in [3.8, 4) is 5.75 Å². The number of ether oxygens (including phenoxy) is 1. The number of carboxylic acid groups (broad SMARTS) is 2. The molecule has 8 nitrogen and oxygen atoms in total. The Morgan fingerprint density at radius 3 is 2.15 bits per heavy atom. The SMILES string of the molecule is CN(CCC(=O)O)c1cc(Nc2c3ccccc3nc3ccccc23)cc(OCCC(=O)O)c1. The highest BCUT2D eigenvalue weighted by molar-refractivity contribution is 6.08. The van der Waals surface area contributed by atoms with Crippen molar-refractivity contribution in [2.75, 3.05) is 30.4 Å². The van der Waals surface area contributed by atoms with Gasteiger partial charge in [-0.15, -0.1) is 0 Å². The minimum atomic E-state index is -0.942. The lowest BCUT2D eigenvalue weighted by Crippen LogP contribution is -2.21. The second-order valence-corrected chi connectivity index (χ2v) is 7.92. The number of anilines is 3. The Morgan fingerprint density at radius 2 is 1.53 bits per heavy atom. The Balaban J connectivity index is 1.75. The molecule has 1 aromatic heterocycles. The summed E-state index contributed by atoms with van der Waals surface area (Å²) in [7, 11) is 1.81. The quantitative estimate of drug-likeness (QED) is 0.287. The van der Waals surface area contributed by atoms with E-state index in [4.69, 9.17) is 19.9 Å². The largest absolute Gasteiger partial charge is 0.493 e. The first-order valence-electron chi connectivity index (χ1n) is 10.9. The van der Waals surface area contributed by atoms with Gasteiger partial charge in [-0.2, -0.15) is 0 Å². The van der Waals surface area contributed by atoms with Gasteiger partial charge in [-0.3, -0.25) is 9.59 Å². The van der Waals surface area contributed by atoms with Gasteiger partial charge < -0.3 is 25.2 Å². The molecule has 0 fully saturated rings. The fourth-order valence-electron chi connectivity index (χ4n) is 3.73. The first kappa shape index (κ1) is 22.8. The van der Waals surface area contributed by atoms with Crippen LogP contribution in [0.15, 0.2) is 66.7 Å². The van der Waals surface area contributed by atoms with Crippen LogP contribution in [0.4, 0.5) is 17.1 Å². The number of hydrogen-bond acceptors (Lipinski definition) is 6. The molecule has 0 spiro atoms. The molecule has 0 unspecified atom stereocenters. The normalized spacial score (nSPS) is 10.9. The summed E-state index contributed by atoms with van der Waals surface area (Å²) in [6.45, 7) is 0.340. The zero-order chi connectivity index (χ0) is 24.1. The number of rotatable bonds is 10. The molecule has 0 saturated carbocycles. The Bertz CT molecular complexity index is 1300. The minimum Gasteiger partial charge on any atom is -0.493 e. The number of hydrogen-bond donors (Lipinski definition) is 3. The molecule has 4 aromatic rings. The molecule has 0 bridgehead atoms. The molecule has 0 atom stereocenters. The predicted octanol–water partition coefficient (Wildman–Crippen LogP) is 4.90. The maximum absolute atomic E-state index is 11.0. The lowest BCUT2D eigenvalue weighted by molar-refractivity contribution is -0.138. The Kier molecular flexibility index (Phi) is 6.77. The highest BCUT2D eigenvalue weighted by Gasteiger charge is 2.13. The van der Waals surface area contributed by atoms with Gasteiger partial charge in [0.2, 0.25) is 0 Å². The summed E-state index contributed by atoms with van der Waals surface area (Å²) in [5.74, 6) is -1.33. The van der Waals surface area contributed by atoms with Gasteiger partial charge in [0.1, 0.15) is 5.75 Å². The van der Waals surface area contributed by atoms with Gasteiger partial charge in [0, 0.05) is 47.9 Å². The van der Waals surface area contributed by atoms with Gasteiger partial charge in [0.05, 0.1) is 36.2 Å². The van der Waals surface area contributed by atoms with Crippen molar-refractivity contribution in [1.82, 2.24) is 4.98 Å². The maximum atomic E-state index is 11.0. The van der Waals surface area contributed by atoms with Crippen LogP contribution in [0, 0.1) is 0 Å². The van der Waals surface area contributed by atoms with Crippen LogP contribution in [0.2, 0.25) is 0 Å². The summed E-state index contributed by atoms with van der Waals surface area (Å²) >= 11 is 0. The van der Waals surface area contributed by atoms with Crippen molar-refractivity contribution < 1.29 is 24.5 Å². The number of carbonyl (C=O) groups is 2. The van der Waals surface area contributed by atoms with Crippen LogP contribution < -0.4 is 15.0 Å². The standard InChI is InChI=1S/C26H25N3O5/c1-29(12-10-24(30)31)18-14-17(15-19(16-18)34-13-11-25(32)33)27-26-20-6-2-4-8-22(20)28-23-9-5-3-7-21(23)26/h2-9,14-16H,10-13H2,1H3,(H,27,28)(H,30,31)(H,32,33). The Labute approximate surface area is 196 Å². The highest BCUT2D eigenvalue weighted by Crippen LogP contribution is 2.35. The molecule has 4 rings (SSSR count). The van der Waals surface area contributed by atoms with Crippen LogP contribution in [-0.2, 0) is 9.59 Å². The number of nitrogens with one attached hydrogen (secondary N) is 1. The molecule has 3 N–H and O–H groups in total. The van der Waals surface area contributed by atoms with Crippen LogP contribution >= 0.6 is 0 Å². The fourth-order valence-corrected chi connectivity index (χ4v) is 3.73. The van der Waals surface area contributed by atoms with Crippen LogP contribution in [0.1, 0.15) is 12.8 Å². The van der Waals surface area contributed by atoms with Gasteiger partial charge in [0.25, 0.3) is 0 Å². The Morgan fingerprint density at radius 1 is 0.912 bits per heavy atom. The van der Waals surface area contributed by atoms with Gasteiger partial charge in [-0.25, -0.2) is 4.98 Å². The van der Waals surface area contributed by atoms with E-state index in [9.17, 15) is 9.59 Å². The summed E-state index contributed by atoms with van der Waals surface area (Å²) < 4.78 is 5.71. The van der Waals surface area contributed by atoms with E-state index in [0.717, 1.165) is 38.9 Å². The molecule has 0 aliphatic rings. The smallest absolute Gasteiger partial charge is 0.306 e. The van der Waals surface area contributed by atoms with Crippen molar-refractivity contribution in [1.29, 1.82) is 0 Å². The summed E-state index contributed by atoms with van der Waals surface area (Å²) in [5.41, 5.74) is 4.08. The zero-order valence-corrected chi connectivity index (χ0v) is 18.7. The average molecular weight is 460 g/mol. The molecule has 0 saturated heterocycles. The molecule has 8 heteroatoms. The van der Waals surface area contributed by atoms with Crippen molar-refractivity contribution in [3.05, 3.63) is 66.7 Å². The minimum absolute atomic E-state index is 0.0109. The number of aliphatic carboxylic acids is 2. The zero-order valence-electron chi connectivity index (χ0n) is 18.7. The first-order valence-corrected chi connectivity index (χ1v) is 10.9. The molecular formula is C26H25N3O5. The van der Waals surface area contributed by atoms with E-state index in [1.165, 1.54) is 0 Å². The molecule has 174 valence electrons. The third kappa shape index (κ3) is 5.35. The molecule has 34 heavy (non-hydrogen) atoms. The number of nitrogens with zero attached hydrogens (tertiary/aromatic N) is 2. The van der Waals surface area contributed by atoms with Crippen LogP contribution in [-0.4, -0.2) is 47.3 Å². The molecular weight excluding hydrogens is 434 g/mol. The van der Waals surface area contributed by atoms with E-state index in [-0.39, 0.29) is 19.4 Å². The molecule has 1 heterocycles. The van der Waals surface area contributed by atoms with Gasteiger partial charge in [0.15, 0.2) is 0 Å². The molecule has 0 aliphatic carbocycles. The fraction of sp³-hybridized carbons (Fsp3) is 0.192. The van der Waals surface area contributed by atoms with Crippen molar-refractivity contribution in [2.45, 2.75) is 12.8 Å². The van der Waals surface area contributed by atoms with Gasteiger partial charge >= 0.3 is 11.9 Å². The molecule has 0 radical (unpaired) electrons. The summed E-state index contributed by atoms with van der Waals surface area (Å²) in [5, 5.41) is 23.4. The average Bonchev–Trinajstić information content (AvgIpc) is 2.82. The van der Waals surface area contributed by atoms with Crippen molar-refractivity contribution in [2.24, 2.45) is 0 Å². The number of benzene rings is 3. The third-order valence-electron chi connectivity index (χ3n) is 5.43. The number of aromatic nitrogens is 1. The van der Waals surface area contributed by atoms with E-state index >= 15 is 0 Å². The number of carboxylic acids is 2. The van der Waals surface area contributed by atoms with E-state index in [1.807, 2.05) is 59.5 Å². The lowest BCUT2D eigenvalue weighted by atomic mass is 10.1. The van der Waals surface area contributed by atoms with E-state index in [2.05, 4.69) is 5.32 Å². The molecule has 0 aliphatic heterocycles. The molecule has 3 aromatic carbocycles. The predicted molar refractivity (Wildman–Crippen MR) is 132 cm³/mol. The monoisotopic (exact) mass is 459 g/mol. The number of para-hydroxylation sites is 2. The van der Waals surface area contributed by atoms with Crippen LogP contribution in [0.3, 0.4) is 0 Å². The van der Waals surface area contributed by atoms with E-state index < -0.39 is 11.9 Å². The van der Waals surface area contributed by atoms with E-state index in [0.29, 0.717) is 12.3 Å². The maximum Gasteiger partial charge on any atom is 0.306 e.